The average Bonchev–Trinajstić information content (AvgIpc) is 3.07. The summed E-state index contributed by atoms with van der Waals surface area (Å²) < 4.78 is 11.3. The van der Waals surface area contributed by atoms with E-state index in [-0.39, 0.29) is 0 Å². The number of fused-ring (bicyclic) bond motifs is 4. The third-order valence-corrected chi connectivity index (χ3v) is 4.76. The summed E-state index contributed by atoms with van der Waals surface area (Å²) in [6.45, 7) is 0. The van der Waals surface area contributed by atoms with Crippen LogP contribution in [0.15, 0.2) is 83.3 Å². The Hall–Kier alpha value is -3.24. The molecule has 0 aliphatic carbocycles. The van der Waals surface area contributed by atoms with E-state index in [1.165, 1.54) is 0 Å². The van der Waals surface area contributed by atoms with Crippen LogP contribution in [0.1, 0.15) is 0 Å². The monoisotopic (exact) mass is 337 g/mol. The zero-order chi connectivity index (χ0) is 17.5. The van der Waals surface area contributed by atoms with Gasteiger partial charge in [-0.05, 0) is 34.7 Å². The van der Waals surface area contributed by atoms with Crippen LogP contribution in [-0.4, -0.2) is 12.7 Å². The summed E-state index contributed by atoms with van der Waals surface area (Å²) in [6.07, 6.45) is 0. The van der Waals surface area contributed by atoms with Gasteiger partial charge in [0.2, 0.25) is 0 Å². The summed E-state index contributed by atoms with van der Waals surface area (Å²) in [5.74, 6) is 0.621. The molecule has 4 heteroatoms. The van der Waals surface area contributed by atoms with Crippen LogP contribution in [-0.2, 0) is 0 Å². The van der Waals surface area contributed by atoms with Crippen molar-refractivity contribution in [2.24, 2.45) is 0 Å². The minimum absolute atomic E-state index is 0.621. The maximum absolute atomic E-state index is 9.04. The first-order chi connectivity index (χ1) is 12.9. The normalized spacial score (nSPS) is 11.3. The van der Waals surface area contributed by atoms with Gasteiger partial charge in [0, 0.05) is 16.2 Å². The maximum atomic E-state index is 9.04. The molecule has 5 rings (SSSR count). The second-order valence-corrected chi connectivity index (χ2v) is 6.16. The Balaban J connectivity index is 1.88. The molecule has 0 atom stereocenters. The summed E-state index contributed by atoms with van der Waals surface area (Å²) in [5.41, 5.74) is 3.97. The molecule has 0 aliphatic heterocycles. The molecule has 0 spiro atoms. The van der Waals surface area contributed by atoms with Gasteiger partial charge in [-0.2, -0.15) is 0 Å². The lowest BCUT2D eigenvalue weighted by Crippen LogP contribution is -2.00. The molecule has 0 unspecified atom stereocenters. The molecule has 0 saturated carbocycles. The van der Waals surface area contributed by atoms with Gasteiger partial charge in [0.05, 0.1) is 0 Å². The van der Waals surface area contributed by atoms with E-state index in [1.54, 1.807) is 0 Å². The highest BCUT2D eigenvalue weighted by Gasteiger charge is 2.15. The molecule has 1 heterocycles. The molecule has 0 amide bonds. The highest BCUT2D eigenvalue weighted by atomic mass is 16.5. The van der Waals surface area contributed by atoms with Gasteiger partial charge in [0.1, 0.15) is 16.9 Å². The van der Waals surface area contributed by atoms with E-state index in [1.807, 2.05) is 60.7 Å². The van der Waals surface area contributed by atoms with Crippen molar-refractivity contribution in [1.29, 1.82) is 0 Å². The largest absolute Gasteiger partial charge is 0.569 e. The van der Waals surface area contributed by atoms with Crippen molar-refractivity contribution in [2.75, 3.05) is 0 Å². The third kappa shape index (κ3) is 2.20. The fraction of sp³-hybridized carbons (Fsp3) is 0. The molecule has 1 radical (unpaired) electrons. The van der Waals surface area contributed by atoms with Crippen LogP contribution in [0.5, 0.6) is 5.75 Å². The molecule has 0 bridgehead atoms. The van der Waals surface area contributed by atoms with Crippen molar-refractivity contribution in [2.45, 2.75) is 0 Å². The quantitative estimate of drug-likeness (QED) is 0.454. The predicted octanol–water partition coefficient (Wildman–Crippen LogP) is 5.31. The van der Waals surface area contributed by atoms with E-state index in [4.69, 9.17) is 14.1 Å². The van der Waals surface area contributed by atoms with Crippen molar-refractivity contribution >= 4 is 40.4 Å². The van der Waals surface area contributed by atoms with Crippen molar-refractivity contribution in [3.05, 3.63) is 78.9 Å². The Bertz CT molecular complexity index is 1260. The summed E-state index contributed by atoms with van der Waals surface area (Å²) in [5, 5.41) is 13.3. The van der Waals surface area contributed by atoms with Gasteiger partial charge in [-0.1, -0.05) is 60.7 Å². The van der Waals surface area contributed by atoms with Crippen LogP contribution in [0.4, 0.5) is 0 Å². The minimum Gasteiger partial charge on any atom is -0.537 e. The van der Waals surface area contributed by atoms with Crippen LogP contribution in [0.3, 0.4) is 0 Å². The maximum Gasteiger partial charge on any atom is 0.569 e. The molecule has 1 N–H and O–H groups in total. The molecule has 5 aromatic rings. The topological polar surface area (TPSA) is 42.6 Å². The van der Waals surface area contributed by atoms with Gasteiger partial charge in [-0.25, -0.2) is 0 Å². The standard InChI is InChI=1S/C22H14BO3/c24-23-26-20-13-12-15(14-6-1-2-7-16(14)20)17-9-5-11-21-22(17)18-8-3-4-10-19(18)25-21/h1-13,24H. The number of furan rings is 1. The molecular formula is C22H14BO3. The van der Waals surface area contributed by atoms with Crippen molar-refractivity contribution in [3.63, 3.8) is 0 Å². The van der Waals surface area contributed by atoms with Crippen molar-refractivity contribution in [1.82, 2.24) is 0 Å². The molecule has 0 saturated heterocycles. The molecular weight excluding hydrogens is 323 g/mol. The van der Waals surface area contributed by atoms with Gasteiger partial charge >= 0.3 is 7.69 Å². The Morgan fingerprint density at radius 3 is 2.23 bits per heavy atom. The lowest BCUT2D eigenvalue weighted by molar-refractivity contribution is 0.457. The zero-order valence-corrected chi connectivity index (χ0v) is 13.8. The van der Waals surface area contributed by atoms with Crippen LogP contribution >= 0.6 is 0 Å². The number of hydrogen-bond acceptors (Lipinski definition) is 3. The van der Waals surface area contributed by atoms with Gasteiger partial charge in [0.15, 0.2) is 0 Å². The van der Waals surface area contributed by atoms with Gasteiger partial charge < -0.3 is 14.1 Å². The lowest BCUT2D eigenvalue weighted by Gasteiger charge is -2.12. The molecule has 0 aliphatic rings. The number of benzene rings is 4. The molecule has 4 aromatic carbocycles. The van der Waals surface area contributed by atoms with E-state index < -0.39 is 0 Å². The highest BCUT2D eigenvalue weighted by Crippen LogP contribution is 2.40. The van der Waals surface area contributed by atoms with E-state index >= 15 is 0 Å². The Morgan fingerprint density at radius 1 is 0.654 bits per heavy atom. The number of rotatable bonds is 3. The fourth-order valence-corrected chi connectivity index (χ4v) is 3.66. The van der Waals surface area contributed by atoms with Crippen molar-refractivity contribution < 1.29 is 14.1 Å². The number of hydrogen-bond donors (Lipinski definition) is 1. The van der Waals surface area contributed by atoms with Gasteiger partial charge in [-0.15, -0.1) is 0 Å². The van der Waals surface area contributed by atoms with E-state index in [2.05, 4.69) is 18.2 Å². The zero-order valence-electron chi connectivity index (χ0n) is 13.8. The number of para-hydroxylation sites is 1. The lowest BCUT2D eigenvalue weighted by atomic mass is 9.94. The first kappa shape index (κ1) is 15.1. The predicted molar refractivity (Wildman–Crippen MR) is 105 cm³/mol. The van der Waals surface area contributed by atoms with Crippen LogP contribution in [0.2, 0.25) is 0 Å². The second-order valence-electron chi connectivity index (χ2n) is 6.16. The first-order valence-electron chi connectivity index (χ1n) is 8.42. The summed E-state index contributed by atoms with van der Waals surface area (Å²) >= 11 is 0. The summed E-state index contributed by atoms with van der Waals surface area (Å²) in [7, 11) is 0.714. The average molecular weight is 337 g/mol. The van der Waals surface area contributed by atoms with Crippen LogP contribution < -0.4 is 4.65 Å². The fourth-order valence-electron chi connectivity index (χ4n) is 3.66. The Morgan fingerprint density at radius 2 is 1.38 bits per heavy atom. The smallest absolute Gasteiger partial charge is 0.537 e. The summed E-state index contributed by atoms with van der Waals surface area (Å²) in [6, 6.07) is 26.2. The third-order valence-electron chi connectivity index (χ3n) is 4.76. The molecule has 26 heavy (non-hydrogen) atoms. The summed E-state index contributed by atoms with van der Waals surface area (Å²) in [4.78, 5) is 0. The molecule has 123 valence electrons. The second kappa shape index (κ2) is 5.93. The van der Waals surface area contributed by atoms with E-state index in [0.717, 1.165) is 43.8 Å². The van der Waals surface area contributed by atoms with E-state index in [9.17, 15) is 0 Å². The first-order valence-corrected chi connectivity index (χ1v) is 8.42. The van der Waals surface area contributed by atoms with Gasteiger partial charge in [-0.3, -0.25) is 0 Å². The highest BCUT2D eigenvalue weighted by molar-refractivity contribution is 6.19. The van der Waals surface area contributed by atoms with Crippen LogP contribution in [0, 0.1) is 0 Å². The van der Waals surface area contributed by atoms with Gasteiger partial charge in [0.25, 0.3) is 0 Å². The Labute approximate surface area is 150 Å². The molecule has 3 nitrogen and oxygen atoms in total. The van der Waals surface area contributed by atoms with Crippen molar-refractivity contribution in [3.8, 4) is 16.9 Å². The molecule has 1 aromatic heterocycles. The van der Waals surface area contributed by atoms with Crippen LogP contribution in [0.25, 0.3) is 43.8 Å². The molecule has 0 fully saturated rings. The Kier molecular flexibility index (Phi) is 3.44. The van der Waals surface area contributed by atoms with E-state index in [0.29, 0.717) is 13.4 Å². The minimum atomic E-state index is 0.621. The SMILES string of the molecule is O[B]Oc1ccc(-c2cccc3oc4ccccc4c23)c2ccccc12.